The first-order chi connectivity index (χ1) is 5.27. The third-order valence-corrected chi connectivity index (χ3v) is 1.67. The van der Waals surface area contributed by atoms with Crippen LogP contribution in [0.3, 0.4) is 0 Å². The number of hydrogen-bond acceptors (Lipinski definition) is 2. The molecule has 0 saturated carbocycles. The maximum atomic E-state index is 5.13. The first-order valence-corrected chi connectivity index (χ1v) is 3.70. The van der Waals surface area contributed by atoms with Gasteiger partial charge < -0.3 is 9.40 Å². The molecule has 2 rings (SSSR count). The number of fused-ring (bicyclic) bond motifs is 1. The van der Waals surface area contributed by atoms with E-state index >= 15 is 0 Å². The fourth-order valence-electron chi connectivity index (χ4n) is 1.03. The Hall–Kier alpha value is -1.25. The van der Waals surface area contributed by atoms with Crippen LogP contribution in [0.2, 0.25) is 0 Å². The lowest BCUT2D eigenvalue weighted by Crippen LogP contribution is -1.88. The van der Waals surface area contributed by atoms with E-state index in [1.54, 1.807) is 6.26 Å². The Morgan fingerprint density at radius 1 is 1.55 bits per heavy atom. The molecule has 11 heavy (non-hydrogen) atoms. The molecule has 0 bridgehead atoms. The summed E-state index contributed by atoms with van der Waals surface area (Å²) in [5.41, 5.74) is 1.68. The van der Waals surface area contributed by atoms with Crippen molar-refractivity contribution in [2.45, 2.75) is 19.8 Å². The largest absolute Gasteiger partial charge is 0.446 e. The van der Waals surface area contributed by atoms with Gasteiger partial charge in [-0.15, -0.1) is 0 Å². The number of H-pyrrole nitrogens is 1. The minimum atomic E-state index is 0.428. The molecule has 0 aromatic carbocycles. The quantitative estimate of drug-likeness (QED) is 0.677. The number of rotatable bonds is 1. The number of nitrogens with one attached hydrogen (secondary N) is 1. The second-order valence-electron chi connectivity index (χ2n) is 2.91. The molecule has 0 aliphatic heterocycles. The molecule has 0 fully saturated rings. The number of hydrogen-bond donors (Lipinski definition) is 1. The van der Waals surface area contributed by atoms with E-state index in [1.165, 1.54) is 0 Å². The van der Waals surface area contributed by atoms with Gasteiger partial charge in [0, 0.05) is 12.0 Å². The van der Waals surface area contributed by atoms with Gasteiger partial charge in [-0.25, -0.2) is 4.98 Å². The van der Waals surface area contributed by atoms with Gasteiger partial charge >= 0.3 is 0 Å². The molecule has 0 saturated heterocycles. The molecule has 0 atom stereocenters. The average molecular weight is 150 g/mol. The van der Waals surface area contributed by atoms with Crippen LogP contribution in [0.25, 0.3) is 11.2 Å². The van der Waals surface area contributed by atoms with Crippen LogP contribution in [0.15, 0.2) is 16.7 Å². The zero-order chi connectivity index (χ0) is 7.84. The van der Waals surface area contributed by atoms with Crippen LogP contribution in [0.1, 0.15) is 25.6 Å². The van der Waals surface area contributed by atoms with Crippen LogP contribution in [-0.4, -0.2) is 9.97 Å². The van der Waals surface area contributed by atoms with E-state index in [1.807, 2.05) is 6.07 Å². The molecule has 2 aromatic rings. The predicted molar refractivity (Wildman–Crippen MR) is 42.4 cm³/mol. The third-order valence-electron chi connectivity index (χ3n) is 1.67. The van der Waals surface area contributed by atoms with Gasteiger partial charge in [-0.05, 0) is 0 Å². The lowest BCUT2D eigenvalue weighted by molar-refractivity contribution is 0.601. The van der Waals surface area contributed by atoms with E-state index in [-0.39, 0.29) is 0 Å². The second kappa shape index (κ2) is 2.12. The summed E-state index contributed by atoms with van der Waals surface area (Å²) in [4.78, 5) is 7.42. The van der Waals surface area contributed by atoms with Gasteiger partial charge in [0.1, 0.15) is 11.3 Å². The van der Waals surface area contributed by atoms with Gasteiger partial charge in [0.05, 0.1) is 6.26 Å². The fraction of sp³-hybridized carbons (Fsp3) is 0.375. The summed E-state index contributed by atoms with van der Waals surface area (Å²) in [6.07, 6.45) is 1.64. The molecule has 0 aliphatic carbocycles. The third kappa shape index (κ3) is 0.926. The highest BCUT2D eigenvalue weighted by molar-refractivity contribution is 5.68. The summed E-state index contributed by atoms with van der Waals surface area (Å²) in [5, 5.41) is 0. The van der Waals surface area contributed by atoms with E-state index < -0.39 is 0 Å². The number of nitrogens with zero attached hydrogens (tertiary/aromatic N) is 1. The highest BCUT2D eigenvalue weighted by Crippen LogP contribution is 2.16. The van der Waals surface area contributed by atoms with Crippen LogP contribution in [-0.2, 0) is 0 Å². The first-order valence-electron chi connectivity index (χ1n) is 3.70. The Labute approximate surface area is 64.4 Å². The zero-order valence-corrected chi connectivity index (χ0v) is 6.59. The zero-order valence-electron chi connectivity index (χ0n) is 6.59. The van der Waals surface area contributed by atoms with E-state index in [9.17, 15) is 0 Å². The Bertz CT molecular complexity index is 330. The second-order valence-corrected chi connectivity index (χ2v) is 2.91. The van der Waals surface area contributed by atoms with Crippen molar-refractivity contribution in [3.63, 3.8) is 0 Å². The van der Waals surface area contributed by atoms with Gasteiger partial charge in [0.2, 0.25) is 5.71 Å². The minimum absolute atomic E-state index is 0.428. The van der Waals surface area contributed by atoms with Crippen molar-refractivity contribution in [2.75, 3.05) is 0 Å². The van der Waals surface area contributed by atoms with Crippen molar-refractivity contribution < 1.29 is 4.42 Å². The predicted octanol–water partition coefficient (Wildman–Crippen LogP) is 2.28. The molecular weight excluding hydrogens is 140 g/mol. The Morgan fingerprint density at radius 3 is 3.00 bits per heavy atom. The van der Waals surface area contributed by atoms with Crippen molar-refractivity contribution in [1.82, 2.24) is 9.97 Å². The van der Waals surface area contributed by atoms with Gasteiger partial charge in [-0.1, -0.05) is 13.8 Å². The van der Waals surface area contributed by atoms with Crippen LogP contribution in [0.5, 0.6) is 0 Å². The minimum Gasteiger partial charge on any atom is -0.446 e. The normalized spacial score (nSPS) is 11.5. The van der Waals surface area contributed by atoms with E-state index in [0.29, 0.717) is 5.92 Å². The Kier molecular flexibility index (Phi) is 1.24. The summed E-state index contributed by atoms with van der Waals surface area (Å²) >= 11 is 0. The Balaban J connectivity index is 2.58. The lowest BCUT2D eigenvalue weighted by atomic mass is 10.2. The van der Waals surface area contributed by atoms with E-state index in [4.69, 9.17) is 4.42 Å². The molecule has 0 aliphatic rings. The summed E-state index contributed by atoms with van der Waals surface area (Å²) in [6, 6.07) is 1.86. The summed E-state index contributed by atoms with van der Waals surface area (Å²) < 4.78 is 5.13. The monoisotopic (exact) mass is 150 g/mol. The SMILES string of the molecule is CC(C)c1nc2ccoc2[nH]1. The lowest BCUT2D eigenvalue weighted by Gasteiger charge is -1.95. The molecule has 2 heterocycles. The summed E-state index contributed by atoms with van der Waals surface area (Å²) in [7, 11) is 0. The number of imidazole rings is 1. The standard InChI is InChI=1S/C8H10N2O/c1-5(2)7-9-6-3-4-11-8(6)10-7/h3-5H,1-2H3,(H,9,10). The van der Waals surface area contributed by atoms with Gasteiger partial charge in [0.15, 0.2) is 0 Å². The van der Waals surface area contributed by atoms with Gasteiger partial charge in [0.25, 0.3) is 0 Å². The van der Waals surface area contributed by atoms with Crippen molar-refractivity contribution in [3.8, 4) is 0 Å². The van der Waals surface area contributed by atoms with Crippen molar-refractivity contribution in [1.29, 1.82) is 0 Å². The van der Waals surface area contributed by atoms with Crippen molar-refractivity contribution in [2.24, 2.45) is 0 Å². The molecular formula is C8H10N2O. The number of aromatic amines is 1. The maximum Gasteiger partial charge on any atom is 0.224 e. The van der Waals surface area contributed by atoms with Crippen molar-refractivity contribution >= 4 is 11.2 Å². The summed E-state index contributed by atoms with van der Waals surface area (Å²) in [5.74, 6) is 1.41. The maximum absolute atomic E-state index is 5.13. The van der Waals surface area contributed by atoms with Gasteiger partial charge in [-0.3, -0.25) is 0 Å². The molecule has 0 amide bonds. The molecule has 0 spiro atoms. The first kappa shape index (κ1) is 6.46. The molecule has 2 aromatic heterocycles. The topological polar surface area (TPSA) is 41.8 Å². The van der Waals surface area contributed by atoms with Crippen LogP contribution in [0.4, 0.5) is 0 Å². The van der Waals surface area contributed by atoms with Gasteiger partial charge in [-0.2, -0.15) is 0 Å². The molecule has 3 nitrogen and oxygen atoms in total. The van der Waals surface area contributed by atoms with E-state index in [2.05, 4.69) is 23.8 Å². The molecule has 1 N–H and O–H groups in total. The smallest absolute Gasteiger partial charge is 0.224 e. The average Bonchev–Trinajstić information content (AvgIpc) is 2.40. The van der Waals surface area contributed by atoms with Crippen LogP contribution in [0, 0.1) is 0 Å². The number of furan rings is 1. The fourth-order valence-corrected chi connectivity index (χ4v) is 1.03. The van der Waals surface area contributed by atoms with Crippen LogP contribution >= 0.6 is 0 Å². The molecule has 0 radical (unpaired) electrons. The van der Waals surface area contributed by atoms with Crippen molar-refractivity contribution in [3.05, 3.63) is 18.2 Å². The molecule has 0 unspecified atom stereocenters. The van der Waals surface area contributed by atoms with Crippen LogP contribution < -0.4 is 0 Å². The Morgan fingerprint density at radius 2 is 2.36 bits per heavy atom. The number of aromatic nitrogens is 2. The molecule has 3 heteroatoms. The highest BCUT2D eigenvalue weighted by atomic mass is 16.3. The highest BCUT2D eigenvalue weighted by Gasteiger charge is 2.06. The summed E-state index contributed by atoms with van der Waals surface area (Å²) in [6.45, 7) is 4.19. The molecule has 58 valence electrons. The van der Waals surface area contributed by atoms with E-state index in [0.717, 1.165) is 17.1 Å².